The summed E-state index contributed by atoms with van der Waals surface area (Å²) in [5.41, 5.74) is -0.264. The Bertz CT molecular complexity index is 1030. The normalized spacial score (nSPS) is 12.2. The number of hydrogen-bond acceptors (Lipinski definition) is 4. The lowest BCUT2D eigenvalue weighted by Crippen LogP contribution is -2.44. The Morgan fingerprint density at radius 2 is 1.97 bits per heavy atom. The van der Waals surface area contributed by atoms with Crippen LogP contribution in [0.15, 0.2) is 60.1 Å². The lowest BCUT2D eigenvalue weighted by molar-refractivity contribution is -0.137. The first-order valence-electron chi connectivity index (χ1n) is 9.66. The van der Waals surface area contributed by atoms with Crippen molar-refractivity contribution in [2.75, 3.05) is 33.4 Å². The maximum atomic E-state index is 13.1. The van der Waals surface area contributed by atoms with Gasteiger partial charge in [-0.15, -0.1) is 6.58 Å². The molecular weight excluding hydrogens is 447 g/mol. The standard InChI is InChI=1S/C21H26F3N3O4S/c1-4-10-27(32(29,30)19-9-5-7-17(14-19)21(22,23)24)16-20(28)26(12-13-31-3)15-18-8-6-11-25(18)2/h4-9,11,14H,1,10,12-13,15-16H2,2-3H3. The number of carbonyl (C=O) groups excluding carboxylic acids is 1. The van der Waals surface area contributed by atoms with E-state index in [1.807, 2.05) is 29.9 Å². The number of benzene rings is 1. The van der Waals surface area contributed by atoms with Gasteiger partial charge in [0.05, 0.1) is 30.2 Å². The Hall–Kier alpha value is -2.63. The highest BCUT2D eigenvalue weighted by atomic mass is 32.2. The van der Waals surface area contributed by atoms with E-state index in [-0.39, 0.29) is 26.2 Å². The third-order valence-corrected chi connectivity index (χ3v) is 6.57. The fourth-order valence-electron chi connectivity index (χ4n) is 2.97. The lowest BCUT2D eigenvalue weighted by Gasteiger charge is -2.27. The van der Waals surface area contributed by atoms with Crippen LogP contribution in [0.5, 0.6) is 0 Å². The molecule has 0 aliphatic heterocycles. The van der Waals surface area contributed by atoms with Crippen LogP contribution >= 0.6 is 0 Å². The Balaban J connectivity index is 2.30. The number of carbonyl (C=O) groups is 1. The molecule has 176 valence electrons. The van der Waals surface area contributed by atoms with Gasteiger partial charge in [-0.3, -0.25) is 4.79 Å². The first kappa shape index (κ1) is 25.6. The predicted octanol–water partition coefficient (Wildman–Crippen LogP) is 2.90. The summed E-state index contributed by atoms with van der Waals surface area (Å²) >= 11 is 0. The first-order valence-corrected chi connectivity index (χ1v) is 11.1. The molecule has 0 saturated heterocycles. The van der Waals surface area contributed by atoms with E-state index in [1.165, 1.54) is 18.1 Å². The fraction of sp³-hybridized carbons (Fsp3) is 0.381. The maximum absolute atomic E-state index is 13.1. The monoisotopic (exact) mass is 473 g/mol. The lowest BCUT2D eigenvalue weighted by atomic mass is 10.2. The Labute approximate surface area is 185 Å². The van der Waals surface area contributed by atoms with E-state index in [1.54, 1.807) is 0 Å². The van der Waals surface area contributed by atoms with Crippen molar-refractivity contribution in [2.24, 2.45) is 7.05 Å². The molecule has 2 aromatic rings. The zero-order valence-electron chi connectivity index (χ0n) is 17.9. The summed E-state index contributed by atoms with van der Waals surface area (Å²) < 4.78 is 73.0. The summed E-state index contributed by atoms with van der Waals surface area (Å²) in [6.07, 6.45) is -1.61. The van der Waals surface area contributed by atoms with Crippen molar-refractivity contribution < 1.29 is 31.1 Å². The van der Waals surface area contributed by atoms with Crippen molar-refractivity contribution in [1.29, 1.82) is 0 Å². The average Bonchev–Trinajstić information content (AvgIpc) is 3.14. The number of alkyl halides is 3. The molecule has 0 spiro atoms. The van der Waals surface area contributed by atoms with Crippen LogP contribution in [0.4, 0.5) is 13.2 Å². The molecular formula is C21H26F3N3O4S. The van der Waals surface area contributed by atoms with Crippen LogP contribution < -0.4 is 0 Å². The minimum Gasteiger partial charge on any atom is -0.383 e. The van der Waals surface area contributed by atoms with Crippen molar-refractivity contribution >= 4 is 15.9 Å². The largest absolute Gasteiger partial charge is 0.416 e. The van der Waals surface area contributed by atoms with Gasteiger partial charge in [0.1, 0.15) is 0 Å². The number of halogens is 3. The zero-order chi connectivity index (χ0) is 23.9. The summed E-state index contributed by atoms with van der Waals surface area (Å²) in [6, 6.07) is 7.07. The minimum absolute atomic E-state index is 0.214. The number of ether oxygens (including phenoxy) is 1. The second kappa shape index (κ2) is 10.8. The average molecular weight is 474 g/mol. The fourth-order valence-corrected chi connectivity index (χ4v) is 4.38. The van der Waals surface area contributed by atoms with Gasteiger partial charge >= 0.3 is 6.18 Å². The number of nitrogens with zero attached hydrogens (tertiary/aromatic N) is 3. The molecule has 0 radical (unpaired) electrons. The summed E-state index contributed by atoms with van der Waals surface area (Å²) in [5, 5.41) is 0. The molecule has 1 aromatic heterocycles. The number of amides is 1. The number of methoxy groups -OCH3 is 1. The van der Waals surface area contributed by atoms with Gasteiger partial charge in [0.25, 0.3) is 0 Å². The number of aromatic nitrogens is 1. The highest BCUT2D eigenvalue weighted by Gasteiger charge is 2.33. The molecule has 0 bridgehead atoms. The van der Waals surface area contributed by atoms with Crippen LogP contribution in [-0.4, -0.2) is 61.4 Å². The Morgan fingerprint density at radius 3 is 2.53 bits per heavy atom. The maximum Gasteiger partial charge on any atom is 0.416 e. The topological polar surface area (TPSA) is 71.8 Å². The van der Waals surface area contributed by atoms with E-state index < -0.39 is 39.1 Å². The van der Waals surface area contributed by atoms with Gasteiger partial charge in [0.2, 0.25) is 15.9 Å². The molecule has 1 amide bonds. The van der Waals surface area contributed by atoms with Gasteiger partial charge in [0.15, 0.2) is 0 Å². The molecule has 0 saturated carbocycles. The Kier molecular flexibility index (Phi) is 8.65. The minimum atomic E-state index is -4.70. The van der Waals surface area contributed by atoms with Gasteiger partial charge in [-0.25, -0.2) is 8.42 Å². The van der Waals surface area contributed by atoms with Crippen LogP contribution in [0.25, 0.3) is 0 Å². The molecule has 7 nitrogen and oxygen atoms in total. The van der Waals surface area contributed by atoms with E-state index in [9.17, 15) is 26.4 Å². The molecule has 0 fully saturated rings. The summed E-state index contributed by atoms with van der Waals surface area (Å²) in [4.78, 5) is 13.9. The molecule has 0 N–H and O–H groups in total. The smallest absolute Gasteiger partial charge is 0.383 e. The second-order valence-corrected chi connectivity index (χ2v) is 8.97. The van der Waals surface area contributed by atoms with E-state index in [2.05, 4.69) is 6.58 Å². The summed E-state index contributed by atoms with van der Waals surface area (Å²) in [6.45, 7) is 3.37. The molecule has 0 atom stereocenters. The van der Waals surface area contributed by atoms with E-state index in [0.29, 0.717) is 6.07 Å². The number of hydrogen-bond donors (Lipinski definition) is 0. The summed E-state index contributed by atoms with van der Waals surface area (Å²) in [7, 11) is -1.09. The molecule has 0 unspecified atom stereocenters. The zero-order valence-corrected chi connectivity index (χ0v) is 18.7. The summed E-state index contributed by atoms with van der Waals surface area (Å²) in [5.74, 6) is -0.513. The molecule has 1 heterocycles. The third kappa shape index (κ3) is 6.44. The van der Waals surface area contributed by atoms with Crippen LogP contribution in [0.2, 0.25) is 0 Å². The van der Waals surface area contributed by atoms with Gasteiger partial charge in [-0.1, -0.05) is 12.1 Å². The van der Waals surface area contributed by atoms with Crippen molar-refractivity contribution in [2.45, 2.75) is 17.6 Å². The van der Waals surface area contributed by atoms with Gasteiger partial charge in [0, 0.05) is 39.1 Å². The number of rotatable bonds is 11. The molecule has 32 heavy (non-hydrogen) atoms. The highest BCUT2D eigenvalue weighted by molar-refractivity contribution is 7.89. The van der Waals surface area contributed by atoms with E-state index >= 15 is 0 Å². The van der Waals surface area contributed by atoms with Crippen LogP contribution in [0, 0.1) is 0 Å². The van der Waals surface area contributed by atoms with E-state index in [4.69, 9.17) is 4.74 Å². The molecule has 2 rings (SSSR count). The second-order valence-electron chi connectivity index (χ2n) is 7.03. The van der Waals surface area contributed by atoms with Gasteiger partial charge in [-0.05, 0) is 30.3 Å². The SMILES string of the molecule is C=CCN(CC(=O)N(CCOC)Cc1cccn1C)S(=O)(=O)c1cccc(C(F)(F)F)c1. The van der Waals surface area contributed by atoms with Crippen molar-refractivity contribution in [1.82, 2.24) is 13.8 Å². The molecule has 11 heteroatoms. The molecule has 0 aliphatic carbocycles. The third-order valence-electron chi connectivity index (χ3n) is 4.77. The van der Waals surface area contributed by atoms with Crippen LogP contribution in [0.3, 0.4) is 0 Å². The van der Waals surface area contributed by atoms with Crippen molar-refractivity contribution in [3.05, 3.63) is 66.5 Å². The van der Waals surface area contributed by atoms with Gasteiger partial charge < -0.3 is 14.2 Å². The number of aryl methyl sites for hydroxylation is 1. The first-order chi connectivity index (χ1) is 15.0. The van der Waals surface area contributed by atoms with Crippen molar-refractivity contribution in [3.63, 3.8) is 0 Å². The van der Waals surface area contributed by atoms with Crippen molar-refractivity contribution in [3.8, 4) is 0 Å². The molecule has 0 aliphatic rings. The number of sulfonamides is 1. The van der Waals surface area contributed by atoms with Crippen LogP contribution in [-0.2, 0) is 39.3 Å². The Morgan fingerprint density at radius 1 is 1.25 bits per heavy atom. The predicted molar refractivity (Wildman–Crippen MR) is 113 cm³/mol. The van der Waals surface area contributed by atoms with Gasteiger partial charge in [-0.2, -0.15) is 17.5 Å². The highest BCUT2D eigenvalue weighted by Crippen LogP contribution is 2.31. The van der Waals surface area contributed by atoms with E-state index in [0.717, 1.165) is 28.2 Å². The van der Waals surface area contributed by atoms with Crippen LogP contribution in [0.1, 0.15) is 11.3 Å². The molecule has 1 aromatic carbocycles. The quantitative estimate of drug-likeness (QED) is 0.471.